The zero-order valence-corrected chi connectivity index (χ0v) is 12.7. The molecule has 0 aromatic carbocycles. The number of nitrogens with one attached hydrogen (secondary N) is 3. The molecule has 1 aliphatic heterocycles. The SMILES string of the molecule is CCc1nnc(Nc2nc(C)nc3c2NC(=O)C(C)N3)s1. The van der Waals surface area contributed by atoms with Crippen LogP contribution >= 0.6 is 11.3 Å². The minimum atomic E-state index is -0.326. The Morgan fingerprint density at radius 3 is 2.86 bits per heavy atom. The normalized spacial score (nSPS) is 16.9. The van der Waals surface area contributed by atoms with Gasteiger partial charge in [0.2, 0.25) is 11.0 Å². The molecule has 0 radical (unpaired) electrons. The monoisotopic (exact) mass is 305 g/mol. The molecule has 9 heteroatoms. The van der Waals surface area contributed by atoms with Crippen LogP contribution in [0, 0.1) is 6.92 Å². The standard InChI is InChI=1S/C12H15N7OS/c1-4-7-18-19-12(21-7)17-10-8-9(14-6(3)15-10)13-5(2)11(20)16-8/h5H,4H2,1-3H3,(H,16,20)(H2,13,14,15,17,19). The van der Waals surface area contributed by atoms with Crippen LogP contribution < -0.4 is 16.0 Å². The van der Waals surface area contributed by atoms with E-state index in [-0.39, 0.29) is 11.9 Å². The van der Waals surface area contributed by atoms with Crippen molar-refractivity contribution < 1.29 is 4.79 Å². The Balaban J connectivity index is 1.96. The maximum atomic E-state index is 11.8. The third-order valence-electron chi connectivity index (χ3n) is 3.01. The number of rotatable bonds is 3. The predicted molar refractivity (Wildman–Crippen MR) is 81.1 cm³/mol. The van der Waals surface area contributed by atoms with Crippen molar-refractivity contribution in [2.45, 2.75) is 33.2 Å². The highest BCUT2D eigenvalue weighted by Gasteiger charge is 2.26. The van der Waals surface area contributed by atoms with Gasteiger partial charge in [-0.05, 0) is 20.3 Å². The molecular weight excluding hydrogens is 290 g/mol. The molecule has 1 amide bonds. The first-order chi connectivity index (χ1) is 10.1. The molecule has 3 heterocycles. The molecule has 110 valence electrons. The summed E-state index contributed by atoms with van der Waals surface area (Å²) >= 11 is 1.46. The number of carbonyl (C=O) groups is 1. The second kappa shape index (κ2) is 5.24. The number of aryl methyl sites for hydroxylation is 2. The lowest BCUT2D eigenvalue weighted by Crippen LogP contribution is -2.37. The van der Waals surface area contributed by atoms with Gasteiger partial charge in [-0.3, -0.25) is 4.79 Å². The first kappa shape index (κ1) is 13.7. The average Bonchev–Trinajstić information content (AvgIpc) is 2.88. The molecule has 1 unspecified atom stereocenters. The minimum Gasteiger partial charge on any atom is -0.357 e. The smallest absolute Gasteiger partial charge is 0.246 e. The number of amides is 1. The molecular formula is C12H15N7OS. The molecule has 3 N–H and O–H groups in total. The van der Waals surface area contributed by atoms with Gasteiger partial charge in [0.25, 0.3) is 0 Å². The van der Waals surface area contributed by atoms with Gasteiger partial charge in [0.15, 0.2) is 11.6 Å². The van der Waals surface area contributed by atoms with Crippen LogP contribution in [0.1, 0.15) is 24.7 Å². The van der Waals surface area contributed by atoms with Crippen molar-refractivity contribution in [3.8, 4) is 0 Å². The van der Waals surface area contributed by atoms with Gasteiger partial charge in [-0.2, -0.15) is 0 Å². The third-order valence-corrected chi connectivity index (χ3v) is 3.99. The van der Waals surface area contributed by atoms with Crippen LogP contribution in [0.25, 0.3) is 0 Å². The second-order valence-corrected chi connectivity index (χ2v) is 5.74. The van der Waals surface area contributed by atoms with Gasteiger partial charge in [0, 0.05) is 0 Å². The zero-order valence-electron chi connectivity index (χ0n) is 11.9. The first-order valence-corrected chi connectivity index (χ1v) is 7.44. The van der Waals surface area contributed by atoms with Crippen LogP contribution in [-0.2, 0) is 11.2 Å². The van der Waals surface area contributed by atoms with E-state index in [0.717, 1.165) is 11.4 Å². The fourth-order valence-corrected chi connectivity index (χ4v) is 2.61. The lowest BCUT2D eigenvalue weighted by Gasteiger charge is -2.24. The van der Waals surface area contributed by atoms with E-state index in [2.05, 4.69) is 36.1 Å². The maximum Gasteiger partial charge on any atom is 0.246 e. The number of nitrogens with zero attached hydrogens (tertiary/aromatic N) is 4. The summed E-state index contributed by atoms with van der Waals surface area (Å²) in [5, 5.41) is 18.7. The van der Waals surface area contributed by atoms with Crippen LogP contribution in [0.5, 0.6) is 0 Å². The van der Waals surface area contributed by atoms with E-state index >= 15 is 0 Å². The van der Waals surface area contributed by atoms with E-state index < -0.39 is 0 Å². The third kappa shape index (κ3) is 2.64. The number of aromatic nitrogens is 4. The summed E-state index contributed by atoms with van der Waals surface area (Å²) in [6.45, 7) is 5.60. The molecule has 21 heavy (non-hydrogen) atoms. The van der Waals surface area contributed by atoms with E-state index in [4.69, 9.17) is 0 Å². The van der Waals surface area contributed by atoms with Crippen LogP contribution in [0.3, 0.4) is 0 Å². The molecule has 0 spiro atoms. The lowest BCUT2D eigenvalue weighted by atomic mass is 10.2. The van der Waals surface area contributed by atoms with Gasteiger partial charge in [-0.15, -0.1) is 10.2 Å². The van der Waals surface area contributed by atoms with Gasteiger partial charge >= 0.3 is 0 Å². The largest absolute Gasteiger partial charge is 0.357 e. The van der Waals surface area contributed by atoms with E-state index in [1.807, 2.05) is 6.92 Å². The summed E-state index contributed by atoms with van der Waals surface area (Å²) < 4.78 is 0. The molecule has 2 aromatic rings. The highest BCUT2D eigenvalue weighted by atomic mass is 32.1. The molecule has 0 saturated heterocycles. The average molecular weight is 305 g/mol. The van der Waals surface area contributed by atoms with E-state index in [1.165, 1.54) is 11.3 Å². The zero-order chi connectivity index (χ0) is 15.0. The maximum absolute atomic E-state index is 11.8. The molecule has 0 bridgehead atoms. The predicted octanol–water partition coefficient (Wildman–Crippen LogP) is 1.70. The van der Waals surface area contributed by atoms with Crippen LogP contribution in [0.15, 0.2) is 0 Å². The lowest BCUT2D eigenvalue weighted by molar-refractivity contribution is -0.116. The Morgan fingerprint density at radius 2 is 2.14 bits per heavy atom. The van der Waals surface area contributed by atoms with Gasteiger partial charge in [-0.25, -0.2) is 9.97 Å². The van der Waals surface area contributed by atoms with Gasteiger partial charge in [0.1, 0.15) is 22.6 Å². The number of anilines is 4. The van der Waals surface area contributed by atoms with Crippen molar-refractivity contribution in [1.29, 1.82) is 0 Å². The van der Waals surface area contributed by atoms with E-state index in [0.29, 0.717) is 28.3 Å². The Hall–Kier alpha value is -2.29. The fraction of sp³-hybridized carbons (Fsp3) is 0.417. The summed E-state index contributed by atoms with van der Waals surface area (Å²) in [5.74, 6) is 1.61. The Kier molecular flexibility index (Phi) is 3.42. The molecule has 8 nitrogen and oxygen atoms in total. The van der Waals surface area contributed by atoms with Gasteiger partial charge in [-0.1, -0.05) is 18.3 Å². The highest BCUT2D eigenvalue weighted by molar-refractivity contribution is 7.15. The van der Waals surface area contributed by atoms with E-state index in [1.54, 1.807) is 13.8 Å². The number of hydrogen-bond acceptors (Lipinski definition) is 8. The van der Waals surface area contributed by atoms with Crippen LogP contribution in [-0.4, -0.2) is 32.1 Å². The summed E-state index contributed by atoms with van der Waals surface area (Å²) in [5.41, 5.74) is 0.539. The topological polar surface area (TPSA) is 105 Å². The van der Waals surface area contributed by atoms with Crippen molar-refractivity contribution in [3.05, 3.63) is 10.8 Å². The highest BCUT2D eigenvalue weighted by Crippen LogP contribution is 2.33. The molecule has 2 aromatic heterocycles. The minimum absolute atomic E-state index is 0.121. The number of fused-ring (bicyclic) bond motifs is 1. The molecule has 1 aliphatic rings. The van der Waals surface area contributed by atoms with Gasteiger partial charge in [0.05, 0.1) is 0 Å². The van der Waals surface area contributed by atoms with Crippen LogP contribution in [0.2, 0.25) is 0 Å². The fourth-order valence-electron chi connectivity index (χ4n) is 1.94. The summed E-state index contributed by atoms with van der Waals surface area (Å²) in [6.07, 6.45) is 0.829. The Labute approximate surface area is 125 Å². The quantitative estimate of drug-likeness (QED) is 0.792. The number of carbonyl (C=O) groups excluding carboxylic acids is 1. The first-order valence-electron chi connectivity index (χ1n) is 6.62. The Morgan fingerprint density at radius 1 is 1.33 bits per heavy atom. The second-order valence-electron chi connectivity index (χ2n) is 4.68. The molecule has 3 rings (SSSR count). The molecule has 1 atom stereocenters. The van der Waals surface area contributed by atoms with Gasteiger partial charge < -0.3 is 16.0 Å². The van der Waals surface area contributed by atoms with E-state index in [9.17, 15) is 4.79 Å². The number of hydrogen-bond donors (Lipinski definition) is 3. The van der Waals surface area contributed by atoms with Crippen molar-refractivity contribution in [3.63, 3.8) is 0 Å². The molecule has 0 aliphatic carbocycles. The summed E-state index contributed by atoms with van der Waals surface area (Å²) in [7, 11) is 0. The molecule has 0 saturated carbocycles. The van der Waals surface area contributed by atoms with Crippen LogP contribution in [0.4, 0.5) is 22.5 Å². The van der Waals surface area contributed by atoms with Crippen molar-refractivity contribution in [2.24, 2.45) is 0 Å². The summed E-state index contributed by atoms with van der Waals surface area (Å²) in [6, 6.07) is -0.326. The van der Waals surface area contributed by atoms with Crippen molar-refractivity contribution >= 4 is 39.7 Å². The summed E-state index contributed by atoms with van der Waals surface area (Å²) in [4.78, 5) is 20.5. The Bertz CT molecular complexity index is 699. The molecule has 0 fully saturated rings. The van der Waals surface area contributed by atoms with Crippen molar-refractivity contribution in [1.82, 2.24) is 20.2 Å². The van der Waals surface area contributed by atoms with Crippen molar-refractivity contribution in [2.75, 3.05) is 16.0 Å².